The molecule has 5 heteroatoms. The number of carbonyl (C=O) groups excluding carboxylic acids is 2. The van der Waals surface area contributed by atoms with E-state index in [0.29, 0.717) is 13.1 Å². The van der Waals surface area contributed by atoms with Crippen molar-refractivity contribution in [3.05, 3.63) is 48.6 Å². The Morgan fingerprint density at radius 2 is 2.05 bits per heavy atom. The van der Waals surface area contributed by atoms with Crippen LogP contribution in [0.3, 0.4) is 0 Å². The molecular formula is C17H24N2O3. The molecule has 2 N–H and O–H groups in total. The van der Waals surface area contributed by atoms with E-state index in [1.807, 2.05) is 30.3 Å². The molecule has 22 heavy (non-hydrogen) atoms. The number of methoxy groups -OCH3 is 1. The molecule has 1 atom stereocenters. The molecule has 0 fully saturated rings. The van der Waals surface area contributed by atoms with Crippen LogP contribution < -0.4 is 5.73 Å². The summed E-state index contributed by atoms with van der Waals surface area (Å²) in [6, 6.07) is 9.22. The average Bonchev–Trinajstić information content (AvgIpc) is 2.56. The van der Waals surface area contributed by atoms with Gasteiger partial charge in [0.25, 0.3) is 0 Å². The Morgan fingerprint density at radius 3 is 2.64 bits per heavy atom. The minimum absolute atomic E-state index is 0.0322. The highest BCUT2D eigenvalue weighted by atomic mass is 16.5. The average molecular weight is 304 g/mol. The molecule has 120 valence electrons. The van der Waals surface area contributed by atoms with Crippen LogP contribution in [-0.4, -0.2) is 43.0 Å². The molecule has 0 saturated heterocycles. The van der Waals surface area contributed by atoms with Crippen LogP contribution in [0.15, 0.2) is 43.0 Å². The third-order valence-corrected chi connectivity index (χ3v) is 3.39. The van der Waals surface area contributed by atoms with Crippen molar-refractivity contribution in [2.45, 2.75) is 25.3 Å². The Labute approximate surface area is 131 Å². The zero-order valence-electron chi connectivity index (χ0n) is 13.0. The number of rotatable bonds is 9. The van der Waals surface area contributed by atoms with Crippen molar-refractivity contribution < 1.29 is 14.3 Å². The van der Waals surface area contributed by atoms with Crippen LogP contribution in [-0.2, 0) is 20.7 Å². The van der Waals surface area contributed by atoms with Crippen LogP contribution in [0.4, 0.5) is 0 Å². The number of carbonyl (C=O) groups is 2. The second kappa shape index (κ2) is 9.73. The molecule has 0 aliphatic rings. The molecule has 0 aliphatic carbocycles. The van der Waals surface area contributed by atoms with E-state index in [9.17, 15) is 9.59 Å². The smallest absolute Gasteiger partial charge is 0.322 e. The summed E-state index contributed by atoms with van der Waals surface area (Å²) >= 11 is 0. The van der Waals surface area contributed by atoms with Gasteiger partial charge in [-0.25, -0.2) is 0 Å². The Kier molecular flexibility index (Phi) is 7.92. The van der Waals surface area contributed by atoms with Gasteiger partial charge in [-0.05, 0) is 18.4 Å². The highest BCUT2D eigenvalue weighted by Crippen LogP contribution is 2.06. The predicted octanol–water partition coefficient (Wildman–Crippen LogP) is 1.52. The number of hydrogen-bond acceptors (Lipinski definition) is 4. The molecule has 1 unspecified atom stereocenters. The zero-order valence-corrected chi connectivity index (χ0v) is 13.0. The molecule has 0 bridgehead atoms. The van der Waals surface area contributed by atoms with Gasteiger partial charge in [0, 0.05) is 19.5 Å². The van der Waals surface area contributed by atoms with Crippen LogP contribution in [0, 0.1) is 0 Å². The maximum Gasteiger partial charge on any atom is 0.322 e. The standard InChI is InChI=1S/C17H24N2O3/c1-3-12-19(13-11-14-7-5-4-6-8-14)16(20)10-9-15(18)17(21)22-2/h3-8,15H,1,9-13,18H2,2H3. The van der Waals surface area contributed by atoms with Crippen LogP contribution in [0.5, 0.6) is 0 Å². The third-order valence-electron chi connectivity index (χ3n) is 3.39. The summed E-state index contributed by atoms with van der Waals surface area (Å²) in [4.78, 5) is 25.2. The summed E-state index contributed by atoms with van der Waals surface area (Å²) in [6.07, 6.45) is 2.98. The Bertz CT molecular complexity index is 488. The van der Waals surface area contributed by atoms with Crippen molar-refractivity contribution >= 4 is 11.9 Å². The molecule has 5 nitrogen and oxygen atoms in total. The van der Waals surface area contributed by atoms with Gasteiger partial charge in [-0.15, -0.1) is 6.58 Å². The van der Waals surface area contributed by atoms with Crippen molar-refractivity contribution in [2.75, 3.05) is 20.2 Å². The lowest BCUT2D eigenvalue weighted by molar-refractivity contribution is -0.142. The molecule has 1 rings (SSSR count). The predicted molar refractivity (Wildman–Crippen MR) is 86.1 cm³/mol. The monoisotopic (exact) mass is 304 g/mol. The van der Waals surface area contributed by atoms with Gasteiger partial charge in [0.05, 0.1) is 7.11 Å². The zero-order chi connectivity index (χ0) is 16.4. The van der Waals surface area contributed by atoms with E-state index in [1.54, 1.807) is 11.0 Å². The van der Waals surface area contributed by atoms with Crippen molar-refractivity contribution in [1.82, 2.24) is 4.90 Å². The highest BCUT2D eigenvalue weighted by Gasteiger charge is 2.18. The molecule has 0 spiro atoms. The summed E-state index contributed by atoms with van der Waals surface area (Å²) in [5, 5.41) is 0. The van der Waals surface area contributed by atoms with Gasteiger partial charge in [-0.3, -0.25) is 9.59 Å². The van der Waals surface area contributed by atoms with Crippen molar-refractivity contribution in [2.24, 2.45) is 5.73 Å². The third kappa shape index (κ3) is 6.10. The van der Waals surface area contributed by atoms with E-state index < -0.39 is 12.0 Å². The number of esters is 1. The van der Waals surface area contributed by atoms with Crippen LogP contribution >= 0.6 is 0 Å². The van der Waals surface area contributed by atoms with Crippen LogP contribution in [0.2, 0.25) is 0 Å². The first-order valence-corrected chi connectivity index (χ1v) is 7.34. The molecule has 0 saturated carbocycles. The van der Waals surface area contributed by atoms with Crippen molar-refractivity contribution in [1.29, 1.82) is 0 Å². The summed E-state index contributed by atoms with van der Waals surface area (Å²) in [7, 11) is 1.29. The SMILES string of the molecule is C=CCN(CCc1ccccc1)C(=O)CCC(N)C(=O)OC. The Hall–Kier alpha value is -2.14. The van der Waals surface area contributed by atoms with E-state index in [4.69, 9.17) is 5.73 Å². The molecular weight excluding hydrogens is 280 g/mol. The maximum atomic E-state index is 12.2. The molecule has 1 aromatic carbocycles. The van der Waals surface area contributed by atoms with Gasteiger partial charge in [0.15, 0.2) is 0 Å². The lowest BCUT2D eigenvalue weighted by Crippen LogP contribution is -2.36. The summed E-state index contributed by atoms with van der Waals surface area (Å²) < 4.78 is 4.55. The van der Waals surface area contributed by atoms with E-state index in [1.165, 1.54) is 12.7 Å². The van der Waals surface area contributed by atoms with Crippen LogP contribution in [0.25, 0.3) is 0 Å². The summed E-state index contributed by atoms with van der Waals surface area (Å²) in [5.74, 6) is -0.525. The van der Waals surface area contributed by atoms with Crippen LogP contribution in [0.1, 0.15) is 18.4 Å². The maximum absolute atomic E-state index is 12.2. The molecule has 0 heterocycles. The quantitative estimate of drug-likeness (QED) is 0.554. The number of benzene rings is 1. The van der Waals surface area contributed by atoms with Crippen molar-refractivity contribution in [3.8, 4) is 0 Å². The van der Waals surface area contributed by atoms with E-state index >= 15 is 0 Å². The molecule has 0 radical (unpaired) electrons. The normalized spacial score (nSPS) is 11.5. The second-order valence-corrected chi connectivity index (χ2v) is 5.03. The summed E-state index contributed by atoms with van der Waals surface area (Å²) in [6.45, 7) is 4.78. The lowest BCUT2D eigenvalue weighted by Gasteiger charge is -2.22. The molecule has 1 aromatic rings. The highest BCUT2D eigenvalue weighted by molar-refractivity contribution is 5.79. The topological polar surface area (TPSA) is 72.6 Å². The minimum Gasteiger partial charge on any atom is -0.468 e. The molecule has 1 amide bonds. The molecule has 0 aliphatic heterocycles. The number of hydrogen-bond donors (Lipinski definition) is 1. The van der Waals surface area contributed by atoms with Gasteiger partial charge in [0.1, 0.15) is 6.04 Å². The lowest BCUT2D eigenvalue weighted by atomic mass is 10.1. The number of ether oxygens (including phenoxy) is 1. The van der Waals surface area contributed by atoms with E-state index in [2.05, 4.69) is 11.3 Å². The first-order chi connectivity index (χ1) is 10.6. The minimum atomic E-state index is -0.756. The van der Waals surface area contributed by atoms with Crippen molar-refractivity contribution in [3.63, 3.8) is 0 Å². The fourth-order valence-corrected chi connectivity index (χ4v) is 2.09. The number of nitrogens with two attached hydrogens (primary N) is 1. The van der Waals surface area contributed by atoms with Gasteiger partial charge in [0.2, 0.25) is 5.91 Å². The fraction of sp³-hybridized carbons (Fsp3) is 0.412. The second-order valence-electron chi connectivity index (χ2n) is 5.03. The Balaban J connectivity index is 2.49. The largest absolute Gasteiger partial charge is 0.468 e. The number of amides is 1. The first kappa shape index (κ1) is 17.9. The fourth-order valence-electron chi connectivity index (χ4n) is 2.09. The Morgan fingerprint density at radius 1 is 1.36 bits per heavy atom. The van der Waals surface area contributed by atoms with Gasteiger partial charge < -0.3 is 15.4 Å². The van der Waals surface area contributed by atoms with Gasteiger partial charge in [-0.1, -0.05) is 36.4 Å². The summed E-state index contributed by atoms with van der Waals surface area (Å²) in [5.41, 5.74) is 6.83. The van der Waals surface area contributed by atoms with Gasteiger partial charge >= 0.3 is 5.97 Å². The number of nitrogens with zero attached hydrogens (tertiary/aromatic N) is 1. The van der Waals surface area contributed by atoms with E-state index in [0.717, 1.165) is 6.42 Å². The first-order valence-electron chi connectivity index (χ1n) is 7.34. The van der Waals surface area contributed by atoms with Gasteiger partial charge in [-0.2, -0.15) is 0 Å². The van der Waals surface area contributed by atoms with E-state index in [-0.39, 0.29) is 18.7 Å². The molecule has 0 aromatic heterocycles.